The van der Waals surface area contributed by atoms with Gasteiger partial charge in [0.05, 0.1) is 0 Å². The van der Waals surface area contributed by atoms with E-state index in [4.69, 9.17) is 5.73 Å². The van der Waals surface area contributed by atoms with E-state index in [-0.39, 0.29) is 6.04 Å². The Bertz CT molecular complexity index is 313. The van der Waals surface area contributed by atoms with E-state index in [0.717, 1.165) is 10.9 Å². The van der Waals surface area contributed by atoms with Gasteiger partial charge in [0.25, 0.3) is 0 Å². The zero-order valence-electron chi connectivity index (χ0n) is 10.7. The van der Waals surface area contributed by atoms with E-state index in [1.54, 1.807) is 0 Å². The molecular formula is C14H22BrNS. The summed E-state index contributed by atoms with van der Waals surface area (Å²) in [5.74, 6) is 1.20. The molecule has 2 unspecified atom stereocenters. The van der Waals surface area contributed by atoms with Crippen LogP contribution in [-0.4, -0.2) is 11.8 Å². The van der Waals surface area contributed by atoms with Crippen LogP contribution in [0.15, 0.2) is 28.7 Å². The van der Waals surface area contributed by atoms with Gasteiger partial charge in [0.15, 0.2) is 0 Å². The normalized spacial score (nSPS) is 14.6. The molecule has 0 fully saturated rings. The number of halogens is 1. The SMILES string of the molecule is CCCCSC(c1ccc(Br)cc1)C(N)CC. The number of benzene rings is 1. The summed E-state index contributed by atoms with van der Waals surface area (Å²) in [6.45, 7) is 4.39. The van der Waals surface area contributed by atoms with Crippen LogP contribution in [0.2, 0.25) is 0 Å². The molecule has 2 atom stereocenters. The molecule has 1 nitrogen and oxygen atoms in total. The van der Waals surface area contributed by atoms with Gasteiger partial charge in [-0.15, -0.1) is 0 Å². The van der Waals surface area contributed by atoms with Gasteiger partial charge >= 0.3 is 0 Å². The first-order valence-corrected chi connectivity index (χ1v) is 8.15. The fraction of sp³-hybridized carbons (Fsp3) is 0.571. The third kappa shape index (κ3) is 5.02. The Hall–Kier alpha value is 0.01000. The van der Waals surface area contributed by atoms with Gasteiger partial charge in [0, 0.05) is 15.8 Å². The first kappa shape index (κ1) is 15.1. The molecule has 0 aliphatic heterocycles. The third-order valence-electron chi connectivity index (χ3n) is 2.85. The second-order valence-electron chi connectivity index (χ2n) is 4.27. The summed E-state index contributed by atoms with van der Waals surface area (Å²) >= 11 is 5.47. The summed E-state index contributed by atoms with van der Waals surface area (Å²) in [5, 5.41) is 0.430. The minimum Gasteiger partial charge on any atom is -0.326 e. The van der Waals surface area contributed by atoms with Crippen LogP contribution in [0.4, 0.5) is 0 Å². The van der Waals surface area contributed by atoms with Crippen molar-refractivity contribution in [2.45, 2.75) is 44.4 Å². The van der Waals surface area contributed by atoms with Crippen LogP contribution in [0.3, 0.4) is 0 Å². The van der Waals surface area contributed by atoms with Crippen LogP contribution in [0, 0.1) is 0 Å². The maximum absolute atomic E-state index is 6.24. The van der Waals surface area contributed by atoms with Crippen molar-refractivity contribution in [3.05, 3.63) is 34.3 Å². The Morgan fingerprint density at radius 2 is 1.88 bits per heavy atom. The summed E-state index contributed by atoms with van der Waals surface area (Å²) in [6.07, 6.45) is 3.55. The largest absolute Gasteiger partial charge is 0.326 e. The number of hydrogen-bond acceptors (Lipinski definition) is 2. The van der Waals surface area contributed by atoms with Crippen LogP contribution in [0.5, 0.6) is 0 Å². The van der Waals surface area contributed by atoms with Crippen molar-refractivity contribution in [2.24, 2.45) is 5.73 Å². The lowest BCUT2D eigenvalue weighted by atomic mass is 10.0. The minimum atomic E-state index is 0.248. The Morgan fingerprint density at radius 3 is 2.41 bits per heavy atom. The summed E-state index contributed by atoms with van der Waals surface area (Å²) < 4.78 is 1.13. The average Bonchev–Trinajstić information content (AvgIpc) is 2.35. The van der Waals surface area contributed by atoms with Gasteiger partial charge in [-0.3, -0.25) is 0 Å². The van der Waals surface area contributed by atoms with Gasteiger partial charge in [-0.05, 0) is 36.3 Å². The van der Waals surface area contributed by atoms with E-state index in [0.29, 0.717) is 5.25 Å². The van der Waals surface area contributed by atoms with E-state index in [1.165, 1.54) is 24.2 Å². The topological polar surface area (TPSA) is 26.0 Å². The quantitative estimate of drug-likeness (QED) is 0.734. The smallest absolute Gasteiger partial charge is 0.0448 e. The molecule has 0 heterocycles. The number of thioether (sulfide) groups is 1. The first-order valence-electron chi connectivity index (χ1n) is 6.31. The van der Waals surface area contributed by atoms with E-state index in [2.05, 4.69) is 54.0 Å². The Balaban J connectivity index is 2.71. The van der Waals surface area contributed by atoms with Crippen LogP contribution in [0.25, 0.3) is 0 Å². The second-order valence-corrected chi connectivity index (χ2v) is 6.43. The Kier molecular flexibility index (Phi) is 7.24. The highest BCUT2D eigenvalue weighted by Gasteiger charge is 2.18. The summed E-state index contributed by atoms with van der Waals surface area (Å²) in [6, 6.07) is 8.82. The predicted octanol–water partition coefficient (Wildman–Crippen LogP) is 4.76. The highest BCUT2D eigenvalue weighted by molar-refractivity contribution is 9.10. The fourth-order valence-electron chi connectivity index (χ4n) is 1.69. The van der Waals surface area contributed by atoms with E-state index in [9.17, 15) is 0 Å². The number of unbranched alkanes of at least 4 members (excludes halogenated alkanes) is 1. The third-order valence-corrected chi connectivity index (χ3v) is 4.89. The van der Waals surface area contributed by atoms with Crippen molar-refractivity contribution < 1.29 is 0 Å². The molecule has 3 heteroatoms. The lowest BCUT2D eigenvalue weighted by molar-refractivity contribution is 0.633. The van der Waals surface area contributed by atoms with Crippen molar-refractivity contribution in [3.8, 4) is 0 Å². The molecule has 1 aromatic rings. The fourth-order valence-corrected chi connectivity index (χ4v) is 3.45. The maximum Gasteiger partial charge on any atom is 0.0448 e. The van der Waals surface area contributed by atoms with Gasteiger partial charge in [0.2, 0.25) is 0 Å². The van der Waals surface area contributed by atoms with Crippen molar-refractivity contribution in [1.82, 2.24) is 0 Å². The molecule has 0 aliphatic carbocycles. The summed E-state index contributed by atoms with van der Waals surface area (Å²) in [7, 11) is 0. The van der Waals surface area contributed by atoms with Gasteiger partial charge in [-0.1, -0.05) is 48.3 Å². The molecule has 0 bridgehead atoms. The lowest BCUT2D eigenvalue weighted by Crippen LogP contribution is -2.25. The molecule has 0 saturated heterocycles. The average molecular weight is 316 g/mol. The van der Waals surface area contributed by atoms with Crippen LogP contribution >= 0.6 is 27.7 Å². The molecule has 1 aromatic carbocycles. The van der Waals surface area contributed by atoms with Crippen LogP contribution in [-0.2, 0) is 0 Å². The molecule has 0 aromatic heterocycles. The molecule has 1 rings (SSSR count). The van der Waals surface area contributed by atoms with Crippen LogP contribution in [0.1, 0.15) is 43.9 Å². The van der Waals surface area contributed by atoms with Gasteiger partial charge in [0.1, 0.15) is 0 Å². The molecule has 0 amide bonds. The van der Waals surface area contributed by atoms with E-state index < -0.39 is 0 Å². The molecule has 96 valence electrons. The van der Waals surface area contributed by atoms with Crippen molar-refractivity contribution in [1.29, 1.82) is 0 Å². The lowest BCUT2D eigenvalue weighted by Gasteiger charge is -2.23. The number of rotatable bonds is 7. The van der Waals surface area contributed by atoms with Gasteiger partial charge in [-0.2, -0.15) is 11.8 Å². The zero-order valence-corrected chi connectivity index (χ0v) is 13.1. The minimum absolute atomic E-state index is 0.248. The molecule has 0 saturated carbocycles. The standard InChI is InChI=1S/C14H22BrNS/c1-3-5-10-17-14(13(16)4-2)11-6-8-12(15)9-7-11/h6-9,13-14H,3-5,10,16H2,1-2H3. The van der Waals surface area contributed by atoms with Crippen molar-refractivity contribution >= 4 is 27.7 Å². The second kappa shape index (κ2) is 8.17. The Labute approximate surface area is 118 Å². The zero-order chi connectivity index (χ0) is 12.7. The number of nitrogens with two attached hydrogens (primary N) is 1. The number of hydrogen-bond donors (Lipinski definition) is 1. The molecular weight excluding hydrogens is 294 g/mol. The molecule has 2 N–H and O–H groups in total. The van der Waals surface area contributed by atoms with Gasteiger partial charge < -0.3 is 5.73 Å². The predicted molar refractivity (Wildman–Crippen MR) is 82.5 cm³/mol. The van der Waals surface area contributed by atoms with Crippen molar-refractivity contribution in [3.63, 3.8) is 0 Å². The molecule has 0 radical (unpaired) electrons. The van der Waals surface area contributed by atoms with E-state index in [1.807, 2.05) is 11.8 Å². The van der Waals surface area contributed by atoms with E-state index >= 15 is 0 Å². The van der Waals surface area contributed by atoms with Crippen LogP contribution < -0.4 is 5.73 Å². The maximum atomic E-state index is 6.24. The highest BCUT2D eigenvalue weighted by atomic mass is 79.9. The molecule has 17 heavy (non-hydrogen) atoms. The monoisotopic (exact) mass is 315 g/mol. The molecule has 0 spiro atoms. The summed E-state index contributed by atoms with van der Waals surface area (Å²) in [4.78, 5) is 0. The highest BCUT2D eigenvalue weighted by Crippen LogP contribution is 2.33. The first-order chi connectivity index (χ1) is 8.19. The summed E-state index contributed by atoms with van der Waals surface area (Å²) in [5.41, 5.74) is 7.59. The van der Waals surface area contributed by atoms with Crippen molar-refractivity contribution in [2.75, 3.05) is 5.75 Å². The van der Waals surface area contributed by atoms with Gasteiger partial charge in [-0.25, -0.2) is 0 Å². The molecule has 0 aliphatic rings. The Morgan fingerprint density at radius 1 is 1.24 bits per heavy atom.